The second-order valence-electron chi connectivity index (χ2n) is 5.29. The Labute approximate surface area is 125 Å². The Morgan fingerprint density at radius 2 is 2.05 bits per heavy atom. The molecule has 0 aliphatic heterocycles. The van der Waals surface area contributed by atoms with Gasteiger partial charge in [-0.2, -0.15) is 0 Å². The van der Waals surface area contributed by atoms with E-state index in [1.165, 1.54) is 0 Å². The normalized spacial score (nSPS) is 13.0. The van der Waals surface area contributed by atoms with Gasteiger partial charge in [-0.15, -0.1) is 5.73 Å². The van der Waals surface area contributed by atoms with Crippen LogP contribution in [0.3, 0.4) is 0 Å². The molecule has 0 spiro atoms. The molecule has 0 saturated carbocycles. The molecule has 0 aromatic carbocycles. The van der Waals surface area contributed by atoms with Crippen molar-refractivity contribution in [2.75, 3.05) is 0 Å². The molecule has 1 heterocycles. The van der Waals surface area contributed by atoms with Crippen LogP contribution < -0.4 is 5.32 Å². The van der Waals surface area contributed by atoms with Gasteiger partial charge in [0.2, 0.25) is 0 Å². The van der Waals surface area contributed by atoms with Gasteiger partial charge < -0.3 is 9.73 Å². The Morgan fingerprint density at radius 1 is 1.33 bits per heavy atom. The van der Waals surface area contributed by atoms with Crippen LogP contribution in [0, 0.1) is 6.92 Å². The van der Waals surface area contributed by atoms with Crippen LogP contribution in [-0.2, 0) is 4.79 Å². The lowest BCUT2D eigenvalue weighted by atomic mass is 10.1. The van der Waals surface area contributed by atoms with E-state index < -0.39 is 0 Å². The molecule has 112 valence electrons. The van der Waals surface area contributed by atoms with Gasteiger partial charge in [0.1, 0.15) is 5.69 Å². The maximum atomic E-state index is 12.4. The number of nitrogens with one attached hydrogen (secondary N) is 1. The fourth-order valence-electron chi connectivity index (χ4n) is 2.44. The van der Waals surface area contributed by atoms with E-state index in [0.717, 1.165) is 25.7 Å². The van der Waals surface area contributed by atoms with Crippen molar-refractivity contribution in [3.05, 3.63) is 34.7 Å². The van der Waals surface area contributed by atoms with Gasteiger partial charge in [0.15, 0.2) is 11.7 Å². The molecule has 0 atom stereocenters. The molecule has 21 heavy (non-hydrogen) atoms. The van der Waals surface area contributed by atoms with Crippen molar-refractivity contribution in [3.8, 4) is 0 Å². The molecule has 0 bridgehead atoms. The molecule has 0 saturated heterocycles. The van der Waals surface area contributed by atoms with E-state index in [2.05, 4.69) is 29.9 Å². The summed E-state index contributed by atoms with van der Waals surface area (Å²) in [5, 5.41) is 3.10. The van der Waals surface area contributed by atoms with Gasteiger partial charge in [-0.25, -0.2) is 4.98 Å². The van der Waals surface area contributed by atoms with Crippen molar-refractivity contribution < 1.29 is 9.21 Å². The summed E-state index contributed by atoms with van der Waals surface area (Å²) < 4.78 is 5.51. The molecule has 0 radical (unpaired) electrons. The molecule has 0 unspecified atom stereocenters. The molecule has 0 fully saturated rings. The lowest BCUT2D eigenvalue weighted by Gasteiger charge is -2.17. The maximum Gasteiger partial charge on any atom is 0.252 e. The third-order valence-electron chi connectivity index (χ3n) is 3.41. The summed E-state index contributed by atoms with van der Waals surface area (Å²) in [5.41, 5.74) is 4.25. The fourth-order valence-corrected chi connectivity index (χ4v) is 2.44. The highest BCUT2D eigenvalue weighted by molar-refractivity contribution is 6.01. The molecule has 1 aromatic heterocycles. The largest absolute Gasteiger partial charge is 0.441 e. The first-order chi connectivity index (χ1) is 10.1. The van der Waals surface area contributed by atoms with E-state index in [4.69, 9.17) is 4.42 Å². The zero-order chi connectivity index (χ0) is 15.2. The van der Waals surface area contributed by atoms with Crippen molar-refractivity contribution >= 4 is 18.1 Å². The number of oxazole rings is 1. The molecule has 1 N–H and O–H groups in total. The molecular weight excluding hydrogens is 264 g/mol. The van der Waals surface area contributed by atoms with Gasteiger partial charge in [-0.05, 0) is 25.0 Å². The van der Waals surface area contributed by atoms with E-state index >= 15 is 0 Å². The van der Waals surface area contributed by atoms with E-state index in [0.29, 0.717) is 22.9 Å². The molecule has 1 amide bonds. The maximum absolute atomic E-state index is 12.4. The summed E-state index contributed by atoms with van der Waals surface area (Å²) in [6.07, 6.45) is 9.26. The summed E-state index contributed by atoms with van der Waals surface area (Å²) in [6, 6.07) is 0.227. The second-order valence-corrected chi connectivity index (χ2v) is 5.29. The van der Waals surface area contributed by atoms with Crippen LogP contribution in [0.4, 0.5) is 0 Å². The number of hydrogen-bond donors (Lipinski definition) is 1. The van der Waals surface area contributed by atoms with Crippen LogP contribution in [0.15, 0.2) is 21.8 Å². The van der Waals surface area contributed by atoms with Gasteiger partial charge in [-0.3, -0.25) is 4.79 Å². The number of carbonyl (C=O) groups is 1. The Hall–Kier alpha value is -2.06. The van der Waals surface area contributed by atoms with Crippen LogP contribution >= 0.6 is 0 Å². The Kier molecular flexibility index (Phi) is 5.18. The Bertz CT molecular complexity index is 598. The number of carbonyl (C=O) groups excluding carboxylic acids is 1. The molecule has 1 aliphatic carbocycles. The number of fused-ring (bicyclic) bond motifs is 1. The molecule has 1 aromatic rings. The van der Waals surface area contributed by atoms with Gasteiger partial charge in [0, 0.05) is 19.0 Å². The van der Waals surface area contributed by atoms with Crippen LogP contribution in [0.2, 0.25) is 0 Å². The van der Waals surface area contributed by atoms with Crippen molar-refractivity contribution in [1.29, 1.82) is 0 Å². The zero-order valence-electron chi connectivity index (χ0n) is 12.9. The second kappa shape index (κ2) is 7.09. The summed E-state index contributed by atoms with van der Waals surface area (Å²) in [6.45, 7) is 6.05. The summed E-state index contributed by atoms with van der Waals surface area (Å²) in [4.78, 5) is 16.6. The smallest absolute Gasteiger partial charge is 0.252 e. The first-order valence-electron chi connectivity index (χ1n) is 7.56. The predicted octanol–water partition coefficient (Wildman–Crippen LogP) is 3.63. The SMILES string of the molecule is CCCC(CCC)NC(=O)C1=Cc2oc(C)nc2C=C=C1. The summed E-state index contributed by atoms with van der Waals surface area (Å²) >= 11 is 0. The average Bonchev–Trinajstić information content (AvgIpc) is 2.66. The van der Waals surface area contributed by atoms with Crippen molar-refractivity contribution in [1.82, 2.24) is 10.3 Å². The number of aryl methyl sites for hydroxylation is 1. The fraction of sp³-hybridized carbons (Fsp3) is 0.471. The number of nitrogens with zero attached hydrogens (tertiary/aromatic N) is 1. The van der Waals surface area contributed by atoms with Gasteiger partial charge >= 0.3 is 0 Å². The van der Waals surface area contributed by atoms with Gasteiger partial charge in [-0.1, -0.05) is 26.7 Å². The minimum Gasteiger partial charge on any atom is -0.441 e. The Balaban J connectivity index is 2.15. The number of rotatable bonds is 6. The Morgan fingerprint density at radius 3 is 2.71 bits per heavy atom. The minimum atomic E-state index is -0.0790. The first-order valence-corrected chi connectivity index (χ1v) is 7.56. The lowest BCUT2D eigenvalue weighted by molar-refractivity contribution is -0.117. The van der Waals surface area contributed by atoms with Crippen molar-refractivity contribution in [2.24, 2.45) is 0 Å². The van der Waals surface area contributed by atoms with Gasteiger partial charge in [0.05, 0.1) is 5.57 Å². The van der Waals surface area contributed by atoms with Crippen LogP contribution in [0.25, 0.3) is 12.2 Å². The van der Waals surface area contributed by atoms with Crippen molar-refractivity contribution in [2.45, 2.75) is 52.5 Å². The molecule has 4 heteroatoms. The average molecular weight is 286 g/mol. The number of hydrogen-bond acceptors (Lipinski definition) is 3. The monoisotopic (exact) mass is 286 g/mol. The number of amides is 1. The third kappa shape index (κ3) is 3.96. The van der Waals surface area contributed by atoms with Crippen LogP contribution in [0.5, 0.6) is 0 Å². The predicted molar refractivity (Wildman–Crippen MR) is 83.5 cm³/mol. The molecule has 2 rings (SSSR count). The van der Waals surface area contributed by atoms with Crippen molar-refractivity contribution in [3.63, 3.8) is 0 Å². The topological polar surface area (TPSA) is 55.1 Å². The van der Waals surface area contributed by atoms with Crippen LogP contribution in [-0.4, -0.2) is 16.9 Å². The van der Waals surface area contributed by atoms with Crippen LogP contribution in [0.1, 0.15) is 56.9 Å². The highest BCUT2D eigenvalue weighted by Gasteiger charge is 2.16. The van der Waals surface area contributed by atoms with Gasteiger partial charge in [0.25, 0.3) is 5.91 Å². The highest BCUT2D eigenvalue weighted by atomic mass is 16.4. The molecule has 4 nitrogen and oxygen atoms in total. The molecule has 1 aliphatic rings. The molecular formula is C17H22N2O2. The first kappa shape index (κ1) is 15.3. The van der Waals surface area contributed by atoms with E-state index in [-0.39, 0.29) is 11.9 Å². The lowest BCUT2D eigenvalue weighted by Crippen LogP contribution is -2.35. The zero-order valence-corrected chi connectivity index (χ0v) is 12.9. The quantitative estimate of drug-likeness (QED) is 0.812. The summed E-state index contributed by atoms with van der Waals surface area (Å²) in [7, 11) is 0. The number of aromatic nitrogens is 1. The minimum absolute atomic E-state index is 0.0790. The van der Waals surface area contributed by atoms with E-state index in [1.54, 1.807) is 25.2 Å². The van der Waals surface area contributed by atoms with E-state index in [1.807, 2.05) is 0 Å². The standard InChI is InChI=1S/C17H22N2O2/c1-4-7-14(8-5-2)19-17(20)13-9-6-10-15-16(11-13)21-12(3)18-15/h9-11,14H,4-5,7-8H2,1-3H3,(H,19,20). The summed E-state index contributed by atoms with van der Waals surface area (Å²) in [5.74, 6) is 1.12. The highest BCUT2D eigenvalue weighted by Crippen LogP contribution is 2.19. The van der Waals surface area contributed by atoms with E-state index in [9.17, 15) is 4.79 Å². The third-order valence-corrected chi connectivity index (χ3v) is 3.41.